The molecule has 0 radical (unpaired) electrons. The summed E-state index contributed by atoms with van der Waals surface area (Å²) in [6.07, 6.45) is 3.38. The highest BCUT2D eigenvalue weighted by Crippen LogP contribution is 2.40. The molecule has 1 N–H and O–H groups in total. The van der Waals surface area contributed by atoms with E-state index in [1.165, 1.54) is 18.4 Å². The lowest BCUT2D eigenvalue weighted by molar-refractivity contribution is 0.968. The second kappa shape index (κ2) is 5.07. The van der Waals surface area contributed by atoms with Crippen LogP contribution in [0.15, 0.2) is 29.1 Å². The van der Waals surface area contributed by atoms with Crippen LogP contribution in [0.5, 0.6) is 0 Å². The largest absolute Gasteiger partial charge is 0.306 e. The maximum atomic E-state index is 11.9. The van der Waals surface area contributed by atoms with Crippen LogP contribution in [0.1, 0.15) is 36.9 Å². The van der Waals surface area contributed by atoms with E-state index in [0.717, 1.165) is 23.6 Å². The standard InChI is InChI=1S/C15H15IN2O/c1-2-12-13(16)15(19)18-14(17-12)11-7-5-10(6-8-11)9-3-4-9/h5-9H,2-4H2,1H3,(H,17,18,19). The van der Waals surface area contributed by atoms with Gasteiger partial charge in [0, 0.05) is 5.56 Å². The van der Waals surface area contributed by atoms with E-state index in [1.807, 2.05) is 6.92 Å². The molecule has 2 aromatic rings. The van der Waals surface area contributed by atoms with Gasteiger partial charge < -0.3 is 4.98 Å². The summed E-state index contributed by atoms with van der Waals surface area (Å²) in [4.78, 5) is 19.3. The summed E-state index contributed by atoms with van der Waals surface area (Å²) in [5, 5.41) is 0. The minimum Gasteiger partial charge on any atom is -0.306 e. The molecule has 1 fully saturated rings. The second-order valence-corrected chi connectivity index (χ2v) is 6.00. The Morgan fingerprint density at radius 2 is 2.00 bits per heavy atom. The van der Waals surface area contributed by atoms with E-state index in [4.69, 9.17) is 0 Å². The number of rotatable bonds is 3. The Balaban J connectivity index is 2.01. The molecule has 0 bridgehead atoms. The molecule has 4 heteroatoms. The fourth-order valence-corrected chi connectivity index (χ4v) is 2.84. The smallest absolute Gasteiger partial charge is 0.264 e. The van der Waals surface area contributed by atoms with Crippen molar-refractivity contribution in [1.82, 2.24) is 9.97 Å². The summed E-state index contributed by atoms with van der Waals surface area (Å²) in [6, 6.07) is 8.41. The number of aromatic amines is 1. The van der Waals surface area contributed by atoms with Gasteiger partial charge in [-0.2, -0.15) is 0 Å². The highest BCUT2D eigenvalue weighted by Gasteiger charge is 2.23. The zero-order valence-corrected chi connectivity index (χ0v) is 12.9. The van der Waals surface area contributed by atoms with Crippen LogP contribution in [0.25, 0.3) is 11.4 Å². The lowest BCUT2D eigenvalue weighted by Crippen LogP contribution is -2.15. The van der Waals surface area contributed by atoms with Gasteiger partial charge in [-0.1, -0.05) is 31.2 Å². The normalized spacial score (nSPS) is 14.6. The molecule has 1 aromatic carbocycles. The Hall–Kier alpha value is -1.17. The molecular formula is C15H15IN2O. The number of hydrogen-bond donors (Lipinski definition) is 1. The Morgan fingerprint density at radius 1 is 1.32 bits per heavy atom. The van der Waals surface area contributed by atoms with Gasteiger partial charge in [0.25, 0.3) is 5.56 Å². The molecule has 0 aliphatic heterocycles. The number of halogens is 1. The minimum absolute atomic E-state index is 0.0475. The minimum atomic E-state index is -0.0475. The van der Waals surface area contributed by atoms with Crippen LogP contribution >= 0.6 is 22.6 Å². The SMILES string of the molecule is CCc1nc(-c2ccc(C3CC3)cc2)[nH]c(=O)c1I. The van der Waals surface area contributed by atoms with E-state index in [0.29, 0.717) is 9.39 Å². The van der Waals surface area contributed by atoms with Crippen molar-refractivity contribution >= 4 is 22.6 Å². The third kappa shape index (κ3) is 2.59. The summed E-state index contributed by atoms with van der Waals surface area (Å²) >= 11 is 2.06. The van der Waals surface area contributed by atoms with Gasteiger partial charge >= 0.3 is 0 Å². The third-order valence-electron chi connectivity index (χ3n) is 3.50. The van der Waals surface area contributed by atoms with Gasteiger partial charge in [-0.05, 0) is 53.3 Å². The van der Waals surface area contributed by atoms with Crippen LogP contribution in [-0.2, 0) is 6.42 Å². The van der Waals surface area contributed by atoms with Gasteiger partial charge in [0.15, 0.2) is 0 Å². The fourth-order valence-electron chi connectivity index (χ4n) is 2.21. The maximum Gasteiger partial charge on any atom is 0.264 e. The zero-order chi connectivity index (χ0) is 13.4. The van der Waals surface area contributed by atoms with E-state index in [1.54, 1.807) is 0 Å². The molecule has 0 spiro atoms. The lowest BCUT2D eigenvalue weighted by atomic mass is 10.1. The first kappa shape index (κ1) is 12.8. The molecule has 0 unspecified atom stereocenters. The summed E-state index contributed by atoms with van der Waals surface area (Å²) in [5.74, 6) is 1.42. The molecule has 1 aliphatic carbocycles. The van der Waals surface area contributed by atoms with Gasteiger partial charge in [-0.25, -0.2) is 4.98 Å². The molecule has 1 heterocycles. The topological polar surface area (TPSA) is 45.8 Å². The third-order valence-corrected chi connectivity index (χ3v) is 4.61. The quantitative estimate of drug-likeness (QED) is 0.846. The predicted molar refractivity (Wildman–Crippen MR) is 84.4 cm³/mol. The molecule has 1 saturated carbocycles. The molecule has 0 amide bonds. The van der Waals surface area contributed by atoms with Crippen LogP contribution in [0.3, 0.4) is 0 Å². The van der Waals surface area contributed by atoms with Crippen molar-refractivity contribution < 1.29 is 0 Å². The highest BCUT2D eigenvalue weighted by atomic mass is 127. The zero-order valence-electron chi connectivity index (χ0n) is 10.7. The number of H-pyrrole nitrogens is 1. The first-order valence-electron chi connectivity index (χ1n) is 6.58. The number of aromatic nitrogens is 2. The van der Waals surface area contributed by atoms with Gasteiger partial charge in [-0.3, -0.25) is 4.79 Å². The molecule has 19 heavy (non-hydrogen) atoms. The molecule has 3 nitrogen and oxygen atoms in total. The molecule has 3 rings (SSSR count). The molecular weight excluding hydrogens is 351 g/mol. The van der Waals surface area contributed by atoms with E-state index in [-0.39, 0.29) is 5.56 Å². The van der Waals surface area contributed by atoms with Crippen LogP contribution in [0.2, 0.25) is 0 Å². The van der Waals surface area contributed by atoms with Crippen molar-refractivity contribution in [2.75, 3.05) is 0 Å². The van der Waals surface area contributed by atoms with E-state index in [9.17, 15) is 4.79 Å². The van der Waals surface area contributed by atoms with Crippen molar-refractivity contribution in [3.8, 4) is 11.4 Å². The van der Waals surface area contributed by atoms with Crippen molar-refractivity contribution in [1.29, 1.82) is 0 Å². The molecule has 0 saturated heterocycles. The predicted octanol–water partition coefficient (Wildman–Crippen LogP) is 3.48. The lowest BCUT2D eigenvalue weighted by Gasteiger charge is -2.06. The van der Waals surface area contributed by atoms with Gasteiger partial charge in [-0.15, -0.1) is 0 Å². The average Bonchev–Trinajstić information content (AvgIpc) is 3.26. The van der Waals surface area contributed by atoms with Crippen molar-refractivity contribution in [2.24, 2.45) is 0 Å². The number of benzene rings is 1. The fraction of sp³-hybridized carbons (Fsp3) is 0.333. The highest BCUT2D eigenvalue weighted by molar-refractivity contribution is 14.1. The number of nitrogens with one attached hydrogen (secondary N) is 1. The van der Waals surface area contributed by atoms with Crippen LogP contribution < -0.4 is 5.56 Å². The van der Waals surface area contributed by atoms with E-state index >= 15 is 0 Å². The Labute approximate surface area is 125 Å². The first-order chi connectivity index (χ1) is 9.19. The Kier molecular flexibility index (Phi) is 3.43. The maximum absolute atomic E-state index is 11.9. The van der Waals surface area contributed by atoms with Crippen molar-refractivity contribution in [2.45, 2.75) is 32.1 Å². The van der Waals surface area contributed by atoms with Gasteiger partial charge in [0.1, 0.15) is 5.82 Å². The Morgan fingerprint density at radius 3 is 2.58 bits per heavy atom. The number of hydrogen-bond acceptors (Lipinski definition) is 2. The number of aryl methyl sites for hydroxylation is 1. The molecule has 98 valence electrons. The monoisotopic (exact) mass is 366 g/mol. The summed E-state index contributed by atoms with van der Waals surface area (Å²) in [6.45, 7) is 2.02. The van der Waals surface area contributed by atoms with E-state index in [2.05, 4.69) is 56.8 Å². The summed E-state index contributed by atoms with van der Waals surface area (Å²) < 4.78 is 0.693. The Bertz CT molecular complexity index is 657. The van der Waals surface area contributed by atoms with Gasteiger partial charge in [0.2, 0.25) is 0 Å². The summed E-state index contributed by atoms with van der Waals surface area (Å²) in [5.41, 5.74) is 3.19. The summed E-state index contributed by atoms with van der Waals surface area (Å²) in [7, 11) is 0. The van der Waals surface area contributed by atoms with Crippen molar-refractivity contribution in [3.63, 3.8) is 0 Å². The van der Waals surface area contributed by atoms with Gasteiger partial charge in [0.05, 0.1) is 9.26 Å². The second-order valence-electron chi connectivity index (χ2n) is 4.93. The molecule has 1 aliphatic rings. The van der Waals surface area contributed by atoms with Crippen molar-refractivity contribution in [3.05, 3.63) is 49.4 Å². The van der Waals surface area contributed by atoms with Crippen LogP contribution in [0, 0.1) is 3.57 Å². The number of nitrogens with zero attached hydrogens (tertiary/aromatic N) is 1. The van der Waals surface area contributed by atoms with E-state index < -0.39 is 0 Å². The molecule has 0 atom stereocenters. The van der Waals surface area contributed by atoms with Crippen LogP contribution in [-0.4, -0.2) is 9.97 Å². The first-order valence-corrected chi connectivity index (χ1v) is 7.66. The average molecular weight is 366 g/mol. The molecule has 1 aromatic heterocycles. The van der Waals surface area contributed by atoms with Crippen LogP contribution in [0.4, 0.5) is 0 Å².